The van der Waals surface area contributed by atoms with E-state index in [0.717, 1.165) is 25.0 Å². The first-order valence-electron chi connectivity index (χ1n) is 6.80. The molecule has 1 aromatic rings. The molecule has 0 spiro atoms. The Morgan fingerprint density at radius 1 is 1.11 bits per heavy atom. The van der Waals surface area contributed by atoms with E-state index >= 15 is 0 Å². The van der Waals surface area contributed by atoms with Crippen LogP contribution < -0.4 is 9.88 Å². The Kier molecular flexibility index (Phi) is 4.82. The highest BCUT2D eigenvalue weighted by atomic mass is 32.2. The molecule has 2 rings (SSSR count). The van der Waals surface area contributed by atoms with Crippen molar-refractivity contribution in [1.82, 2.24) is 0 Å². The zero-order valence-electron chi connectivity index (χ0n) is 11.1. The van der Waals surface area contributed by atoms with Gasteiger partial charge in [0.05, 0.1) is 12.4 Å². The topological polar surface area (TPSA) is 69.4 Å². The first kappa shape index (κ1) is 14.3. The minimum atomic E-state index is -3.31. The molecule has 0 atom stereocenters. The molecule has 5 heteroatoms. The van der Waals surface area contributed by atoms with E-state index in [4.69, 9.17) is 9.88 Å². The molecule has 0 amide bonds. The second-order valence-corrected chi connectivity index (χ2v) is 6.79. The molecule has 1 aliphatic rings. The summed E-state index contributed by atoms with van der Waals surface area (Å²) in [6, 6.07) is 6.31. The normalized spacial score (nSPS) is 14.4. The maximum Gasteiger partial charge on any atom is 0.209 e. The van der Waals surface area contributed by atoms with Crippen LogP contribution in [-0.4, -0.2) is 20.8 Å². The van der Waals surface area contributed by atoms with E-state index < -0.39 is 10.0 Å². The van der Waals surface area contributed by atoms with E-state index in [2.05, 4.69) is 12.1 Å². The third-order valence-corrected chi connectivity index (χ3v) is 4.27. The maximum absolute atomic E-state index is 10.7. The molecule has 19 heavy (non-hydrogen) atoms. The van der Waals surface area contributed by atoms with Crippen LogP contribution in [0.1, 0.15) is 36.8 Å². The van der Waals surface area contributed by atoms with E-state index in [-0.39, 0.29) is 5.75 Å². The molecule has 2 N–H and O–H groups in total. The molecule has 1 aromatic carbocycles. The molecule has 0 aliphatic heterocycles. The van der Waals surface area contributed by atoms with Gasteiger partial charge in [0.15, 0.2) is 0 Å². The molecule has 0 saturated heterocycles. The summed E-state index contributed by atoms with van der Waals surface area (Å²) < 4.78 is 27.2. The average molecular weight is 283 g/mol. The van der Waals surface area contributed by atoms with Crippen molar-refractivity contribution in [2.45, 2.75) is 38.5 Å². The van der Waals surface area contributed by atoms with Crippen molar-refractivity contribution in [3.63, 3.8) is 0 Å². The van der Waals surface area contributed by atoms with Crippen LogP contribution in [0.3, 0.4) is 0 Å². The van der Waals surface area contributed by atoms with Crippen molar-refractivity contribution in [3.8, 4) is 5.75 Å². The summed E-state index contributed by atoms with van der Waals surface area (Å²) in [6.07, 6.45) is 5.86. The molecule has 0 aromatic heterocycles. The lowest BCUT2D eigenvalue weighted by Crippen LogP contribution is -2.16. The lowest BCUT2D eigenvalue weighted by molar-refractivity contribution is 0.306. The number of hydrogen-bond donors (Lipinski definition) is 1. The van der Waals surface area contributed by atoms with E-state index in [9.17, 15) is 8.42 Å². The Morgan fingerprint density at radius 2 is 1.89 bits per heavy atom. The first-order valence-corrected chi connectivity index (χ1v) is 8.51. The summed E-state index contributed by atoms with van der Waals surface area (Å²) in [5, 5.41) is 4.93. The standard InChI is InChI=1S/C14H21NO3S/c15-19(16,17)10-3-1-2-9-18-14-8-7-12-5-4-6-13(12)11-14/h7-8,11H,1-6,9-10H2,(H2,15,16,17). The zero-order valence-corrected chi connectivity index (χ0v) is 11.9. The number of sulfonamides is 1. The van der Waals surface area contributed by atoms with Crippen molar-refractivity contribution in [2.24, 2.45) is 5.14 Å². The fraction of sp³-hybridized carbons (Fsp3) is 0.571. The predicted molar refractivity (Wildman–Crippen MR) is 75.8 cm³/mol. The van der Waals surface area contributed by atoms with Crippen molar-refractivity contribution < 1.29 is 13.2 Å². The third-order valence-electron chi connectivity index (χ3n) is 3.41. The Bertz CT molecular complexity index is 525. The van der Waals surface area contributed by atoms with E-state index in [1.165, 1.54) is 24.0 Å². The smallest absolute Gasteiger partial charge is 0.209 e. The largest absolute Gasteiger partial charge is 0.494 e. The van der Waals surface area contributed by atoms with Gasteiger partial charge >= 0.3 is 0 Å². The summed E-state index contributed by atoms with van der Waals surface area (Å²) in [5.41, 5.74) is 2.85. The molecule has 106 valence electrons. The van der Waals surface area contributed by atoms with Gasteiger partial charge < -0.3 is 4.74 Å². The van der Waals surface area contributed by atoms with E-state index in [0.29, 0.717) is 13.0 Å². The molecule has 0 bridgehead atoms. The Morgan fingerprint density at radius 3 is 2.68 bits per heavy atom. The molecular weight excluding hydrogens is 262 g/mol. The highest BCUT2D eigenvalue weighted by molar-refractivity contribution is 7.89. The zero-order chi connectivity index (χ0) is 13.7. The Balaban J connectivity index is 1.66. The summed E-state index contributed by atoms with van der Waals surface area (Å²) >= 11 is 0. The van der Waals surface area contributed by atoms with Gasteiger partial charge in [-0.1, -0.05) is 6.07 Å². The third kappa shape index (κ3) is 4.84. The molecule has 4 nitrogen and oxygen atoms in total. The average Bonchev–Trinajstić information content (AvgIpc) is 2.79. The van der Waals surface area contributed by atoms with Gasteiger partial charge in [-0.05, 0) is 61.8 Å². The lowest BCUT2D eigenvalue weighted by Gasteiger charge is -2.08. The highest BCUT2D eigenvalue weighted by Gasteiger charge is 2.11. The van der Waals surface area contributed by atoms with E-state index in [1.807, 2.05) is 6.07 Å². The van der Waals surface area contributed by atoms with Crippen LogP contribution >= 0.6 is 0 Å². The maximum atomic E-state index is 10.7. The van der Waals surface area contributed by atoms with Gasteiger partial charge in [-0.3, -0.25) is 0 Å². The van der Waals surface area contributed by atoms with Crippen molar-refractivity contribution in [1.29, 1.82) is 0 Å². The fourth-order valence-electron chi connectivity index (χ4n) is 2.41. The fourth-order valence-corrected chi connectivity index (χ4v) is 3.02. The van der Waals surface area contributed by atoms with Crippen LogP contribution in [0.2, 0.25) is 0 Å². The van der Waals surface area contributed by atoms with Crippen molar-refractivity contribution >= 4 is 10.0 Å². The molecule has 1 aliphatic carbocycles. The van der Waals surface area contributed by atoms with Crippen molar-refractivity contribution in [2.75, 3.05) is 12.4 Å². The highest BCUT2D eigenvalue weighted by Crippen LogP contribution is 2.26. The first-order chi connectivity index (χ1) is 9.04. The van der Waals surface area contributed by atoms with Gasteiger partial charge in [0.2, 0.25) is 10.0 Å². The second-order valence-electron chi connectivity index (χ2n) is 5.06. The van der Waals surface area contributed by atoms with Crippen LogP contribution in [0, 0.1) is 0 Å². The van der Waals surface area contributed by atoms with Gasteiger partial charge in [0, 0.05) is 0 Å². The number of benzene rings is 1. The summed E-state index contributed by atoms with van der Waals surface area (Å²) in [4.78, 5) is 0. The van der Waals surface area contributed by atoms with Crippen LogP contribution in [0.15, 0.2) is 18.2 Å². The second kappa shape index (κ2) is 6.39. The summed E-state index contributed by atoms with van der Waals surface area (Å²) in [6.45, 7) is 0.628. The van der Waals surface area contributed by atoms with Crippen LogP contribution in [0.5, 0.6) is 5.75 Å². The minimum absolute atomic E-state index is 0.0614. The van der Waals surface area contributed by atoms with Crippen LogP contribution in [0.4, 0.5) is 0 Å². The molecule has 0 saturated carbocycles. The predicted octanol–water partition coefficient (Wildman–Crippen LogP) is 2.01. The van der Waals surface area contributed by atoms with Gasteiger partial charge in [-0.25, -0.2) is 13.6 Å². The number of primary sulfonamides is 1. The Hall–Kier alpha value is -1.07. The molecule has 0 fully saturated rings. The van der Waals surface area contributed by atoms with E-state index in [1.54, 1.807) is 0 Å². The van der Waals surface area contributed by atoms with Gasteiger partial charge in [0.25, 0.3) is 0 Å². The number of ether oxygens (including phenoxy) is 1. The van der Waals surface area contributed by atoms with Crippen molar-refractivity contribution in [3.05, 3.63) is 29.3 Å². The number of aryl methyl sites for hydroxylation is 2. The minimum Gasteiger partial charge on any atom is -0.494 e. The number of rotatable bonds is 7. The number of nitrogens with two attached hydrogens (primary N) is 1. The number of hydrogen-bond acceptors (Lipinski definition) is 3. The molecule has 0 heterocycles. The number of unbranched alkanes of at least 4 members (excludes halogenated alkanes) is 2. The van der Waals surface area contributed by atoms with Crippen LogP contribution in [-0.2, 0) is 22.9 Å². The summed E-state index contributed by atoms with van der Waals surface area (Å²) in [7, 11) is -3.31. The quantitative estimate of drug-likeness (QED) is 0.778. The molecular formula is C14H21NO3S. The summed E-state index contributed by atoms with van der Waals surface area (Å²) in [5.74, 6) is 0.985. The van der Waals surface area contributed by atoms with Gasteiger partial charge in [-0.2, -0.15) is 0 Å². The van der Waals surface area contributed by atoms with Gasteiger partial charge in [-0.15, -0.1) is 0 Å². The lowest BCUT2D eigenvalue weighted by atomic mass is 10.1. The molecule has 0 unspecified atom stereocenters. The van der Waals surface area contributed by atoms with Gasteiger partial charge in [0.1, 0.15) is 5.75 Å². The molecule has 0 radical (unpaired) electrons. The Labute approximate surface area is 115 Å². The number of fused-ring (bicyclic) bond motifs is 1. The monoisotopic (exact) mass is 283 g/mol. The SMILES string of the molecule is NS(=O)(=O)CCCCCOc1ccc2c(c1)CCC2. The van der Waals surface area contributed by atoms with Crippen LogP contribution in [0.25, 0.3) is 0 Å².